The SMILES string of the molecule is C#CCn1c(=NC(=O)Cc2ccc(SCC)cc2)sc2c(OC)ccc(OC)c21. The molecule has 3 aromatic rings. The molecule has 2 aromatic carbocycles. The van der Waals surface area contributed by atoms with Gasteiger partial charge in [0.15, 0.2) is 4.80 Å². The van der Waals surface area contributed by atoms with E-state index in [1.54, 1.807) is 26.0 Å². The third-order valence-electron chi connectivity index (χ3n) is 4.25. The average Bonchev–Trinajstić information content (AvgIpc) is 3.07. The van der Waals surface area contributed by atoms with Gasteiger partial charge in [0.25, 0.3) is 5.91 Å². The summed E-state index contributed by atoms with van der Waals surface area (Å²) in [5.74, 6) is 4.77. The first kappa shape index (κ1) is 21.0. The summed E-state index contributed by atoms with van der Waals surface area (Å²) in [4.78, 5) is 18.7. The van der Waals surface area contributed by atoms with Crippen molar-refractivity contribution in [3.05, 3.63) is 46.8 Å². The van der Waals surface area contributed by atoms with Crippen LogP contribution in [0.25, 0.3) is 10.2 Å². The van der Waals surface area contributed by atoms with E-state index in [1.807, 2.05) is 41.0 Å². The van der Waals surface area contributed by atoms with E-state index >= 15 is 0 Å². The highest BCUT2D eigenvalue weighted by Gasteiger charge is 2.16. The van der Waals surface area contributed by atoms with Crippen LogP contribution >= 0.6 is 23.1 Å². The number of nitrogens with zero attached hydrogens (tertiary/aromatic N) is 2. The standard InChI is InChI=1S/C22H22N2O3S2/c1-5-13-24-20-17(26-3)11-12-18(27-4)21(20)29-22(24)23-19(25)14-15-7-9-16(10-8-15)28-6-2/h1,7-12H,6,13-14H2,2-4H3. The van der Waals surface area contributed by atoms with Gasteiger partial charge in [-0.2, -0.15) is 4.99 Å². The number of benzene rings is 2. The summed E-state index contributed by atoms with van der Waals surface area (Å²) < 4.78 is 13.6. The van der Waals surface area contributed by atoms with E-state index in [9.17, 15) is 4.79 Å². The number of aromatic nitrogens is 1. The summed E-state index contributed by atoms with van der Waals surface area (Å²) >= 11 is 3.13. The molecule has 3 rings (SSSR count). The Kier molecular flexibility index (Phi) is 7.02. The highest BCUT2D eigenvalue weighted by molar-refractivity contribution is 7.99. The van der Waals surface area contributed by atoms with Crippen molar-refractivity contribution < 1.29 is 14.3 Å². The maximum atomic E-state index is 12.6. The summed E-state index contributed by atoms with van der Waals surface area (Å²) in [5, 5.41) is 0. The molecule has 1 amide bonds. The Morgan fingerprint density at radius 2 is 1.86 bits per heavy atom. The van der Waals surface area contributed by atoms with Gasteiger partial charge in [0.2, 0.25) is 0 Å². The lowest BCUT2D eigenvalue weighted by Gasteiger charge is -2.08. The molecule has 0 saturated heterocycles. The van der Waals surface area contributed by atoms with Crippen LogP contribution in [0, 0.1) is 12.3 Å². The summed E-state index contributed by atoms with van der Waals surface area (Å²) in [5.41, 5.74) is 1.71. The van der Waals surface area contributed by atoms with Crippen molar-refractivity contribution in [1.29, 1.82) is 0 Å². The molecule has 5 nitrogen and oxygen atoms in total. The molecule has 0 unspecified atom stereocenters. The molecule has 0 bridgehead atoms. The Bertz CT molecular complexity index is 1120. The zero-order chi connectivity index (χ0) is 20.8. The predicted molar refractivity (Wildman–Crippen MR) is 119 cm³/mol. The molecular weight excluding hydrogens is 404 g/mol. The number of methoxy groups -OCH3 is 2. The molecule has 29 heavy (non-hydrogen) atoms. The molecule has 0 fully saturated rings. The van der Waals surface area contributed by atoms with Gasteiger partial charge in [-0.3, -0.25) is 4.79 Å². The van der Waals surface area contributed by atoms with Gasteiger partial charge >= 0.3 is 0 Å². The number of ether oxygens (including phenoxy) is 2. The highest BCUT2D eigenvalue weighted by atomic mass is 32.2. The molecule has 1 aromatic heterocycles. The van der Waals surface area contributed by atoms with Crippen molar-refractivity contribution in [3.8, 4) is 23.8 Å². The van der Waals surface area contributed by atoms with Crippen LogP contribution in [0.3, 0.4) is 0 Å². The molecule has 0 N–H and O–H groups in total. The fourth-order valence-corrected chi connectivity index (χ4v) is 4.79. The number of terminal acetylenes is 1. The fraction of sp³-hybridized carbons (Fsp3) is 0.273. The van der Waals surface area contributed by atoms with Crippen molar-refractivity contribution in [2.24, 2.45) is 4.99 Å². The second-order valence-corrected chi connectivity index (χ2v) is 8.40. The number of rotatable bonds is 7. The van der Waals surface area contributed by atoms with Crippen LogP contribution in [0.5, 0.6) is 11.5 Å². The lowest BCUT2D eigenvalue weighted by atomic mass is 10.1. The molecule has 0 spiro atoms. The van der Waals surface area contributed by atoms with E-state index in [-0.39, 0.29) is 18.9 Å². The first-order valence-corrected chi connectivity index (χ1v) is 10.9. The van der Waals surface area contributed by atoms with Gasteiger partial charge in [0.1, 0.15) is 21.7 Å². The average molecular weight is 427 g/mol. The molecular formula is C22H22N2O3S2. The number of amides is 1. The van der Waals surface area contributed by atoms with Crippen molar-refractivity contribution in [2.45, 2.75) is 24.8 Å². The van der Waals surface area contributed by atoms with Crippen molar-refractivity contribution in [1.82, 2.24) is 4.57 Å². The third-order valence-corrected chi connectivity index (χ3v) is 6.24. The largest absolute Gasteiger partial charge is 0.495 e. The molecule has 0 radical (unpaired) electrons. The van der Waals surface area contributed by atoms with Crippen molar-refractivity contribution in [3.63, 3.8) is 0 Å². The number of thioether (sulfide) groups is 1. The van der Waals surface area contributed by atoms with Gasteiger partial charge in [-0.05, 0) is 35.6 Å². The maximum absolute atomic E-state index is 12.6. The molecule has 7 heteroatoms. The summed E-state index contributed by atoms with van der Waals surface area (Å²) in [7, 11) is 3.20. The van der Waals surface area contributed by atoms with Crippen LogP contribution in [0.15, 0.2) is 46.3 Å². The van der Waals surface area contributed by atoms with E-state index in [0.717, 1.165) is 21.5 Å². The fourth-order valence-electron chi connectivity index (χ4n) is 2.97. The van der Waals surface area contributed by atoms with E-state index < -0.39 is 0 Å². The van der Waals surface area contributed by atoms with Crippen LogP contribution in [-0.4, -0.2) is 30.4 Å². The Balaban J connectivity index is 2.01. The lowest BCUT2D eigenvalue weighted by Crippen LogP contribution is -2.17. The lowest BCUT2D eigenvalue weighted by molar-refractivity contribution is -0.117. The monoisotopic (exact) mass is 426 g/mol. The minimum atomic E-state index is -0.226. The Labute approximate surface area is 178 Å². The number of hydrogen-bond donors (Lipinski definition) is 0. The van der Waals surface area contributed by atoms with Crippen LogP contribution in [0.1, 0.15) is 12.5 Å². The summed E-state index contributed by atoms with van der Waals surface area (Å²) in [6, 6.07) is 11.7. The normalized spacial score (nSPS) is 11.4. The van der Waals surface area contributed by atoms with Crippen LogP contribution < -0.4 is 14.3 Å². The number of carbonyl (C=O) groups is 1. The second kappa shape index (κ2) is 9.68. The minimum Gasteiger partial charge on any atom is -0.495 e. The molecule has 1 heterocycles. The van der Waals surface area contributed by atoms with E-state index in [2.05, 4.69) is 17.8 Å². The smallest absolute Gasteiger partial charge is 0.252 e. The Hall–Kier alpha value is -2.69. The topological polar surface area (TPSA) is 52.8 Å². The van der Waals surface area contributed by atoms with Crippen molar-refractivity contribution >= 4 is 39.2 Å². The molecule has 150 valence electrons. The minimum absolute atomic E-state index is 0.226. The van der Waals surface area contributed by atoms with E-state index in [0.29, 0.717) is 16.3 Å². The summed E-state index contributed by atoms with van der Waals surface area (Å²) in [6.07, 6.45) is 5.80. The zero-order valence-corrected chi connectivity index (χ0v) is 18.2. The molecule has 0 atom stereocenters. The highest BCUT2D eigenvalue weighted by Crippen LogP contribution is 2.35. The first-order valence-electron chi connectivity index (χ1n) is 9.08. The Morgan fingerprint density at radius 1 is 1.17 bits per heavy atom. The van der Waals surface area contributed by atoms with Crippen LogP contribution in [0.2, 0.25) is 0 Å². The number of carbonyl (C=O) groups excluding carboxylic acids is 1. The van der Waals surface area contributed by atoms with Gasteiger partial charge in [0.05, 0.1) is 27.2 Å². The molecule has 0 aliphatic carbocycles. The predicted octanol–water partition coefficient (Wildman–Crippen LogP) is 4.14. The number of hydrogen-bond acceptors (Lipinski definition) is 5. The third kappa shape index (κ3) is 4.66. The first-order chi connectivity index (χ1) is 14.1. The van der Waals surface area contributed by atoms with Crippen LogP contribution in [-0.2, 0) is 17.8 Å². The van der Waals surface area contributed by atoms with Crippen molar-refractivity contribution in [2.75, 3.05) is 20.0 Å². The van der Waals surface area contributed by atoms with Gasteiger partial charge < -0.3 is 14.0 Å². The summed E-state index contributed by atoms with van der Waals surface area (Å²) in [6.45, 7) is 2.39. The quantitative estimate of drug-likeness (QED) is 0.421. The molecule has 0 saturated carbocycles. The van der Waals surface area contributed by atoms with Crippen LogP contribution in [0.4, 0.5) is 0 Å². The van der Waals surface area contributed by atoms with E-state index in [1.165, 1.54) is 16.2 Å². The number of thiazole rings is 1. The molecule has 0 aliphatic heterocycles. The second-order valence-electron chi connectivity index (χ2n) is 6.08. The zero-order valence-electron chi connectivity index (χ0n) is 16.6. The molecule has 0 aliphatic rings. The van der Waals surface area contributed by atoms with Gasteiger partial charge in [-0.15, -0.1) is 18.2 Å². The maximum Gasteiger partial charge on any atom is 0.252 e. The Morgan fingerprint density at radius 3 is 2.48 bits per heavy atom. The van der Waals surface area contributed by atoms with Gasteiger partial charge in [-0.25, -0.2) is 0 Å². The van der Waals surface area contributed by atoms with E-state index in [4.69, 9.17) is 15.9 Å². The van der Waals surface area contributed by atoms with Gasteiger partial charge in [-0.1, -0.05) is 36.3 Å². The number of fused-ring (bicyclic) bond motifs is 1. The van der Waals surface area contributed by atoms with Gasteiger partial charge in [0, 0.05) is 4.90 Å².